The average Bonchev–Trinajstić information content (AvgIpc) is 3.41. The van der Waals surface area contributed by atoms with Crippen LogP contribution >= 0.6 is 11.6 Å². The molecule has 6 nitrogen and oxygen atoms in total. The van der Waals surface area contributed by atoms with Crippen LogP contribution in [0.3, 0.4) is 0 Å². The van der Waals surface area contributed by atoms with E-state index in [0.717, 1.165) is 44.2 Å². The maximum Gasteiger partial charge on any atom is 0.306 e. The molecule has 1 aromatic rings. The molecule has 2 saturated carbocycles. The summed E-state index contributed by atoms with van der Waals surface area (Å²) in [7, 11) is 1.72. The number of carbonyl (C=O) groups excluding carboxylic acids is 2. The molecular formula is C46H74ClNO5. The quantitative estimate of drug-likeness (QED) is 0.0385. The fraction of sp³-hybridized carbons (Fsp3) is 0.739. The van der Waals surface area contributed by atoms with Gasteiger partial charge in [-0.15, -0.1) is 11.6 Å². The Kier molecular flexibility index (Phi) is 22.1. The highest BCUT2D eigenvalue weighted by Crippen LogP contribution is 2.48. The zero-order valence-electron chi connectivity index (χ0n) is 33.6. The van der Waals surface area contributed by atoms with Crippen LogP contribution in [0, 0.1) is 17.3 Å². The van der Waals surface area contributed by atoms with Crippen molar-refractivity contribution < 1.29 is 24.5 Å². The Bertz CT molecular complexity index is 1210. The number of rotatable bonds is 28. The molecule has 0 unspecified atom stereocenters. The molecule has 0 heterocycles. The normalized spacial score (nSPS) is 21.6. The first-order valence-corrected chi connectivity index (χ1v) is 22.0. The summed E-state index contributed by atoms with van der Waals surface area (Å²) in [5, 5.41) is 21.3. The SMILES string of the molecule is CCCCCCCCCCCCCCCc1ccc(N(C)C(=O)COC(=O)CCCC=CC[C@@H]2[C@@H](C=CC[C@H](O)C3(CC)CCC3)[C@H](O)C[C@H]2Cl)cc1. The number of ether oxygens (including phenoxy) is 1. The maximum atomic E-state index is 12.7. The summed E-state index contributed by atoms with van der Waals surface area (Å²) in [4.78, 5) is 26.6. The van der Waals surface area contributed by atoms with Gasteiger partial charge in [-0.25, -0.2) is 0 Å². The summed E-state index contributed by atoms with van der Waals surface area (Å²) in [5.74, 6) is -0.505. The maximum absolute atomic E-state index is 12.7. The van der Waals surface area contributed by atoms with Gasteiger partial charge in [0.15, 0.2) is 6.61 Å². The number of aliphatic hydroxyl groups excluding tert-OH is 2. The van der Waals surface area contributed by atoms with Gasteiger partial charge in [-0.05, 0) is 93.2 Å². The van der Waals surface area contributed by atoms with Crippen LogP contribution in [0.15, 0.2) is 48.6 Å². The van der Waals surface area contributed by atoms with E-state index in [0.29, 0.717) is 19.3 Å². The number of alkyl halides is 1. The summed E-state index contributed by atoms with van der Waals surface area (Å²) in [6.45, 7) is 4.17. The Hall–Kier alpha value is -2.15. The number of hydrogen-bond acceptors (Lipinski definition) is 5. The van der Waals surface area contributed by atoms with Crippen molar-refractivity contribution in [2.24, 2.45) is 17.3 Å². The second-order valence-electron chi connectivity index (χ2n) is 16.2. The molecule has 53 heavy (non-hydrogen) atoms. The molecule has 2 aliphatic rings. The smallest absolute Gasteiger partial charge is 0.306 e. The molecule has 2 N–H and O–H groups in total. The molecule has 2 fully saturated rings. The zero-order chi connectivity index (χ0) is 38.3. The molecule has 0 saturated heterocycles. The van der Waals surface area contributed by atoms with Gasteiger partial charge in [-0.1, -0.05) is 134 Å². The lowest BCUT2D eigenvalue weighted by Gasteiger charge is -2.45. The fourth-order valence-corrected chi connectivity index (χ4v) is 8.71. The number of allylic oxidation sites excluding steroid dienone is 2. The second-order valence-corrected chi connectivity index (χ2v) is 16.7. The predicted octanol–water partition coefficient (Wildman–Crippen LogP) is 11.4. The molecule has 1 amide bonds. The third kappa shape index (κ3) is 16.2. The lowest BCUT2D eigenvalue weighted by atomic mass is 9.63. The number of carbonyl (C=O) groups is 2. The van der Waals surface area contributed by atoms with Crippen molar-refractivity contribution in [3.63, 3.8) is 0 Å². The Balaban J connectivity index is 1.23. The number of nitrogens with zero attached hydrogens (tertiary/aromatic N) is 1. The highest BCUT2D eigenvalue weighted by molar-refractivity contribution is 6.21. The summed E-state index contributed by atoms with van der Waals surface area (Å²) in [6, 6.07) is 8.15. The van der Waals surface area contributed by atoms with E-state index in [9.17, 15) is 19.8 Å². The van der Waals surface area contributed by atoms with E-state index >= 15 is 0 Å². The van der Waals surface area contributed by atoms with Crippen LogP contribution in [0.25, 0.3) is 0 Å². The Morgan fingerprint density at radius 3 is 2.11 bits per heavy atom. The molecule has 7 heteroatoms. The molecule has 0 radical (unpaired) electrons. The van der Waals surface area contributed by atoms with Crippen LogP contribution in [0.5, 0.6) is 0 Å². The number of likely N-dealkylation sites (N-methyl/N-ethyl adjacent to an activating group) is 1. The van der Waals surface area contributed by atoms with Crippen molar-refractivity contribution in [3.05, 3.63) is 54.1 Å². The van der Waals surface area contributed by atoms with Crippen LogP contribution in [-0.2, 0) is 20.7 Å². The molecule has 300 valence electrons. The van der Waals surface area contributed by atoms with E-state index in [1.807, 2.05) is 18.2 Å². The second kappa shape index (κ2) is 25.8. The topological polar surface area (TPSA) is 87.1 Å². The van der Waals surface area contributed by atoms with Crippen molar-refractivity contribution in [3.8, 4) is 0 Å². The zero-order valence-corrected chi connectivity index (χ0v) is 34.4. The molecule has 5 atom stereocenters. The first-order chi connectivity index (χ1) is 25.7. The molecule has 3 rings (SSSR count). The molecule has 1 aromatic carbocycles. The highest BCUT2D eigenvalue weighted by Gasteiger charge is 2.42. The van der Waals surface area contributed by atoms with Crippen LogP contribution in [-0.4, -0.2) is 53.3 Å². The Labute approximate surface area is 328 Å². The molecule has 0 bridgehead atoms. The van der Waals surface area contributed by atoms with Crippen LogP contribution in [0.2, 0.25) is 0 Å². The number of amides is 1. The molecule has 0 aromatic heterocycles. The third-order valence-electron chi connectivity index (χ3n) is 12.3. The largest absolute Gasteiger partial charge is 0.456 e. The molecule has 0 spiro atoms. The number of hydrogen-bond donors (Lipinski definition) is 2. The fourth-order valence-electron chi connectivity index (χ4n) is 8.26. The third-order valence-corrected chi connectivity index (χ3v) is 12.8. The minimum atomic E-state index is -0.470. The van der Waals surface area contributed by atoms with E-state index in [4.69, 9.17) is 16.3 Å². The predicted molar refractivity (Wildman–Crippen MR) is 221 cm³/mol. The molecule has 2 aliphatic carbocycles. The van der Waals surface area contributed by atoms with Gasteiger partial charge in [0.25, 0.3) is 5.91 Å². The van der Waals surface area contributed by atoms with Gasteiger partial charge in [-0.3, -0.25) is 9.59 Å². The standard InChI is InChI=1S/C46H74ClNO5/c1-4-6-7-8-9-10-11-12-13-14-15-16-19-24-37-29-31-38(32-30-37)48(3)44(51)36-53-45(52)28-21-18-17-20-25-39-40(42(49)35-41(39)47)26-22-27-43(50)46(5-2)33-23-34-46/h17,20,22,26,29-32,39-43,49-50H,4-16,18-19,21,23-25,27-28,33-36H2,1-3H3/t39-,40-,41-,42-,43+/m1/s1. The number of halogens is 1. The average molecular weight is 757 g/mol. The minimum absolute atomic E-state index is 0.0224. The number of esters is 1. The van der Waals surface area contributed by atoms with Crippen LogP contribution < -0.4 is 4.90 Å². The lowest BCUT2D eigenvalue weighted by molar-refractivity contribution is -0.147. The number of aryl methyl sites for hydroxylation is 1. The summed E-state index contributed by atoms with van der Waals surface area (Å²) >= 11 is 6.63. The monoisotopic (exact) mass is 756 g/mol. The van der Waals surface area contributed by atoms with Crippen molar-refractivity contribution in [2.45, 2.75) is 186 Å². The number of aliphatic hydroxyl groups is 2. The first-order valence-electron chi connectivity index (χ1n) is 21.5. The number of anilines is 1. The van der Waals surface area contributed by atoms with Gasteiger partial charge in [0.2, 0.25) is 0 Å². The van der Waals surface area contributed by atoms with Gasteiger partial charge in [-0.2, -0.15) is 0 Å². The van der Waals surface area contributed by atoms with Crippen molar-refractivity contribution in [1.82, 2.24) is 0 Å². The van der Waals surface area contributed by atoms with E-state index < -0.39 is 6.10 Å². The van der Waals surface area contributed by atoms with Gasteiger partial charge in [0.1, 0.15) is 0 Å². The van der Waals surface area contributed by atoms with Crippen molar-refractivity contribution in [1.29, 1.82) is 0 Å². The van der Waals surface area contributed by atoms with E-state index in [1.165, 1.54) is 95.5 Å². The Morgan fingerprint density at radius 2 is 1.53 bits per heavy atom. The van der Waals surface area contributed by atoms with Gasteiger partial charge < -0.3 is 19.8 Å². The lowest BCUT2D eigenvalue weighted by Crippen LogP contribution is -2.40. The van der Waals surface area contributed by atoms with Crippen LogP contribution in [0.1, 0.15) is 167 Å². The van der Waals surface area contributed by atoms with E-state index in [2.05, 4.69) is 44.2 Å². The van der Waals surface area contributed by atoms with Gasteiger partial charge in [0, 0.05) is 30.5 Å². The molecular weight excluding hydrogens is 682 g/mol. The van der Waals surface area contributed by atoms with Gasteiger partial charge >= 0.3 is 5.97 Å². The van der Waals surface area contributed by atoms with Crippen LogP contribution in [0.4, 0.5) is 5.69 Å². The first kappa shape index (κ1) is 45.2. The van der Waals surface area contributed by atoms with E-state index in [-0.39, 0.29) is 53.6 Å². The number of benzene rings is 1. The minimum Gasteiger partial charge on any atom is -0.456 e. The summed E-state index contributed by atoms with van der Waals surface area (Å²) < 4.78 is 5.30. The summed E-state index contributed by atoms with van der Waals surface area (Å²) in [5.41, 5.74) is 2.16. The Morgan fingerprint density at radius 1 is 0.906 bits per heavy atom. The van der Waals surface area contributed by atoms with Gasteiger partial charge in [0.05, 0.1) is 12.2 Å². The van der Waals surface area contributed by atoms with Crippen molar-refractivity contribution >= 4 is 29.2 Å². The summed E-state index contributed by atoms with van der Waals surface area (Å²) in [6.07, 6.45) is 34.1. The van der Waals surface area contributed by atoms with E-state index in [1.54, 1.807) is 11.9 Å². The van der Waals surface area contributed by atoms with Crippen molar-refractivity contribution in [2.75, 3.05) is 18.6 Å². The highest BCUT2D eigenvalue weighted by atomic mass is 35.5. The number of unbranched alkanes of at least 4 members (excludes halogenated alkanes) is 13. The molecule has 0 aliphatic heterocycles.